The molecule has 1 aromatic carbocycles. The molecule has 0 N–H and O–H groups in total. The van der Waals surface area contributed by atoms with Crippen LogP contribution in [0, 0.1) is 0 Å². The van der Waals surface area contributed by atoms with Gasteiger partial charge in [-0.3, -0.25) is 4.98 Å². The van der Waals surface area contributed by atoms with E-state index in [-0.39, 0.29) is 0 Å². The lowest BCUT2D eigenvalue weighted by Gasteiger charge is -2.12. The molecular weight excluding hydrogens is 198 g/mol. The molecule has 0 aliphatic carbocycles. The summed E-state index contributed by atoms with van der Waals surface area (Å²) >= 11 is 0. The van der Waals surface area contributed by atoms with E-state index in [0.717, 1.165) is 11.5 Å². The Balaban J connectivity index is 2.28. The fourth-order valence-corrected chi connectivity index (χ4v) is 1.57. The van der Waals surface area contributed by atoms with Gasteiger partial charge in [-0.15, -0.1) is 0 Å². The molecular formula is C14H15NO. The molecule has 0 atom stereocenters. The van der Waals surface area contributed by atoms with Crippen LogP contribution in [0.3, 0.4) is 0 Å². The van der Waals surface area contributed by atoms with Crippen LogP contribution in [0.4, 0.5) is 0 Å². The Bertz CT molecular complexity index is 451. The molecule has 2 heteroatoms. The Morgan fingerprint density at radius 3 is 2.50 bits per heavy atom. The van der Waals surface area contributed by atoms with Gasteiger partial charge in [-0.05, 0) is 24.1 Å². The van der Waals surface area contributed by atoms with Crippen molar-refractivity contribution >= 4 is 0 Å². The van der Waals surface area contributed by atoms with Gasteiger partial charge in [0.05, 0.1) is 6.20 Å². The van der Waals surface area contributed by atoms with Crippen molar-refractivity contribution in [3.05, 3.63) is 54.4 Å². The smallest absolute Gasteiger partial charge is 0.149 e. The van der Waals surface area contributed by atoms with E-state index < -0.39 is 0 Å². The van der Waals surface area contributed by atoms with Gasteiger partial charge in [0.2, 0.25) is 0 Å². The first-order valence-corrected chi connectivity index (χ1v) is 5.44. The fourth-order valence-electron chi connectivity index (χ4n) is 1.57. The summed E-state index contributed by atoms with van der Waals surface area (Å²) in [6.45, 7) is 4.29. The topological polar surface area (TPSA) is 22.1 Å². The molecule has 0 saturated carbocycles. The van der Waals surface area contributed by atoms with E-state index in [1.165, 1.54) is 5.56 Å². The predicted octanol–water partition coefficient (Wildman–Crippen LogP) is 4.00. The summed E-state index contributed by atoms with van der Waals surface area (Å²) in [6, 6.07) is 11.8. The molecule has 0 aliphatic rings. The Morgan fingerprint density at radius 2 is 1.81 bits per heavy atom. The molecule has 0 unspecified atom stereocenters. The lowest BCUT2D eigenvalue weighted by atomic mass is 10.0. The summed E-state index contributed by atoms with van der Waals surface area (Å²) in [5, 5.41) is 0. The highest BCUT2D eigenvalue weighted by molar-refractivity contribution is 5.36. The van der Waals surface area contributed by atoms with Crippen molar-refractivity contribution in [3.63, 3.8) is 0 Å². The molecule has 0 amide bonds. The minimum atomic E-state index is 0.432. The molecule has 2 aromatic rings. The fraction of sp³-hybridized carbons (Fsp3) is 0.214. The SMILES string of the molecule is CC(C)c1ccncc1Oc1ccccc1. The summed E-state index contributed by atoms with van der Waals surface area (Å²) in [6.07, 6.45) is 3.56. The molecule has 0 spiro atoms. The first kappa shape index (κ1) is 10.7. The maximum atomic E-state index is 5.81. The van der Waals surface area contributed by atoms with Crippen LogP contribution in [0.25, 0.3) is 0 Å². The third-order valence-electron chi connectivity index (χ3n) is 2.41. The molecule has 1 heterocycles. The molecule has 0 radical (unpaired) electrons. The highest BCUT2D eigenvalue weighted by Crippen LogP contribution is 2.29. The van der Waals surface area contributed by atoms with Crippen LogP contribution < -0.4 is 4.74 Å². The van der Waals surface area contributed by atoms with Gasteiger partial charge in [0.25, 0.3) is 0 Å². The first-order valence-electron chi connectivity index (χ1n) is 5.44. The van der Waals surface area contributed by atoms with E-state index in [9.17, 15) is 0 Å². The van der Waals surface area contributed by atoms with Crippen LogP contribution in [0.15, 0.2) is 48.8 Å². The number of para-hydroxylation sites is 1. The molecule has 2 nitrogen and oxygen atoms in total. The van der Waals surface area contributed by atoms with Gasteiger partial charge in [0.15, 0.2) is 0 Å². The van der Waals surface area contributed by atoms with E-state index in [1.54, 1.807) is 12.4 Å². The summed E-state index contributed by atoms with van der Waals surface area (Å²) in [5.74, 6) is 2.11. The standard InChI is InChI=1S/C14H15NO/c1-11(2)13-8-9-15-10-14(13)16-12-6-4-3-5-7-12/h3-11H,1-2H3. The van der Waals surface area contributed by atoms with Crippen LogP contribution in [0.2, 0.25) is 0 Å². The Labute approximate surface area is 95.9 Å². The van der Waals surface area contributed by atoms with Crippen LogP contribution >= 0.6 is 0 Å². The van der Waals surface area contributed by atoms with E-state index in [4.69, 9.17) is 4.74 Å². The predicted molar refractivity (Wildman–Crippen MR) is 64.8 cm³/mol. The minimum absolute atomic E-state index is 0.432. The zero-order chi connectivity index (χ0) is 11.4. The largest absolute Gasteiger partial charge is 0.455 e. The molecule has 0 aliphatic heterocycles. The summed E-state index contributed by atoms with van der Waals surface area (Å²) < 4.78 is 5.81. The number of nitrogens with zero attached hydrogens (tertiary/aromatic N) is 1. The maximum Gasteiger partial charge on any atom is 0.149 e. The zero-order valence-corrected chi connectivity index (χ0v) is 9.55. The second kappa shape index (κ2) is 4.79. The van der Waals surface area contributed by atoms with Crippen LogP contribution in [0.5, 0.6) is 11.5 Å². The van der Waals surface area contributed by atoms with E-state index in [1.807, 2.05) is 36.4 Å². The molecule has 16 heavy (non-hydrogen) atoms. The average Bonchev–Trinajstić information content (AvgIpc) is 2.31. The van der Waals surface area contributed by atoms with Crippen LogP contribution in [0.1, 0.15) is 25.3 Å². The zero-order valence-electron chi connectivity index (χ0n) is 9.55. The second-order valence-electron chi connectivity index (χ2n) is 3.98. The normalized spacial score (nSPS) is 10.4. The van der Waals surface area contributed by atoms with Crippen molar-refractivity contribution in [2.24, 2.45) is 0 Å². The van der Waals surface area contributed by atoms with Crippen molar-refractivity contribution in [1.82, 2.24) is 4.98 Å². The maximum absolute atomic E-state index is 5.81. The van der Waals surface area contributed by atoms with Gasteiger partial charge < -0.3 is 4.74 Å². The quantitative estimate of drug-likeness (QED) is 0.768. The lowest BCUT2D eigenvalue weighted by Crippen LogP contribution is -1.94. The van der Waals surface area contributed by atoms with Gasteiger partial charge in [-0.1, -0.05) is 32.0 Å². The van der Waals surface area contributed by atoms with Crippen molar-refractivity contribution in [2.75, 3.05) is 0 Å². The number of hydrogen-bond acceptors (Lipinski definition) is 2. The van der Waals surface area contributed by atoms with Crippen molar-refractivity contribution in [1.29, 1.82) is 0 Å². The van der Waals surface area contributed by atoms with Gasteiger partial charge in [-0.25, -0.2) is 0 Å². The molecule has 0 bridgehead atoms. The van der Waals surface area contributed by atoms with E-state index in [2.05, 4.69) is 18.8 Å². The number of hydrogen-bond donors (Lipinski definition) is 0. The van der Waals surface area contributed by atoms with Gasteiger partial charge in [-0.2, -0.15) is 0 Å². The molecule has 0 fully saturated rings. The summed E-state index contributed by atoms with van der Waals surface area (Å²) in [5.41, 5.74) is 1.18. The number of rotatable bonds is 3. The Morgan fingerprint density at radius 1 is 1.06 bits per heavy atom. The van der Waals surface area contributed by atoms with E-state index >= 15 is 0 Å². The summed E-state index contributed by atoms with van der Waals surface area (Å²) in [4.78, 5) is 4.10. The van der Waals surface area contributed by atoms with Gasteiger partial charge in [0.1, 0.15) is 11.5 Å². The Kier molecular flexibility index (Phi) is 3.20. The second-order valence-corrected chi connectivity index (χ2v) is 3.98. The molecule has 1 aromatic heterocycles. The van der Waals surface area contributed by atoms with E-state index in [0.29, 0.717) is 5.92 Å². The van der Waals surface area contributed by atoms with Gasteiger partial charge in [0, 0.05) is 11.8 Å². The van der Waals surface area contributed by atoms with Crippen molar-refractivity contribution in [3.8, 4) is 11.5 Å². The number of ether oxygens (including phenoxy) is 1. The molecule has 2 rings (SSSR count). The molecule has 0 saturated heterocycles. The minimum Gasteiger partial charge on any atom is -0.455 e. The molecule has 82 valence electrons. The third-order valence-corrected chi connectivity index (χ3v) is 2.41. The van der Waals surface area contributed by atoms with Crippen LogP contribution in [-0.2, 0) is 0 Å². The number of pyridine rings is 1. The van der Waals surface area contributed by atoms with Crippen LogP contribution in [-0.4, -0.2) is 4.98 Å². The highest BCUT2D eigenvalue weighted by Gasteiger charge is 2.07. The number of aromatic nitrogens is 1. The van der Waals surface area contributed by atoms with Crippen molar-refractivity contribution in [2.45, 2.75) is 19.8 Å². The van der Waals surface area contributed by atoms with Gasteiger partial charge >= 0.3 is 0 Å². The highest BCUT2D eigenvalue weighted by atomic mass is 16.5. The monoisotopic (exact) mass is 213 g/mol. The summed E-state index contributed by atoms with van der Waals surface area (Å²) in [7, 11) is 0. The first-order chi connectivity index (χ1) is 7.77. The van der Waals surface area contributed by atoms with Crippen molar-refractivity contribution < 1.29 is 4.74 Å². The lowest BCUT2D eigenvalue weighted by molar-refractivity contribution is 0.470. The Hall–Kier alpha value is -1.83. The number of benzene rings is 1. The third kappa shape index (κ3) is 2.40. The average molecular weight is 213 g/mol.